The molecule has 0 radical (unpaired) electrons. The summed E-state index contributed by atoms with van der Waals surface area (Å²) in [6, 6.07) is 5.17. The fourth-order valence-electron chi connectivity index (χ4n) is 2.91. The predicted octanol–water partition coefficient (Wildman–Crippen LogP) is 4.17. The first-order valence-electron chi connectivity index (χ1n) is 7.67. The van der Waals surface area contributed by atoms with Crippen LogP contribution in [0.1, 0.15) is 52.5 Å². The van der Waals surface area contributed by atoms with Gasteiger partial charge in [-0.2, -0.15) is 0 Å². The zero-order valence-electron chi connectivity index (χ0n) is 12.6. The lowest BCUT2D eigenvalue weighted by atomic mass is 10.0. The Kier molecular flexibility index (Phi) is 4.36. The highest BCUT2D eigenvalue weighted by molar-refractivity contribution is 7.11. The maximum atomic E-state index is 14.2. The van der Waals surface area contributed by atoms with Crippen LogP contribution in [0.3, 0.4) is 0 Å². The summed E-state index contributed by atoms with van der Waals surface area (Å²) in [7, 11) is 0. The van der Waals surface area contributed by atoms with Crippen LogP contribution in [-0.4, -0.2) is 11.5 Å². The minimum absolute atomic E-state index is 0.134. The molecule has 0 bridgehead atoms. The van der Waals surface area contributed by atoms with Crippen LogP contribution in [0.5, 0.6) is 0 Å². The SMILES string of the molecule is CCNC(c1nc2c(s1)CCCC2)c1cc(C)ccc1F. The highest BCUT2D eigenvalue weighted by Gasteiger charge is 2.23. The third-order valence-corrected chi connectivity index (χ3v) is 5.20. The van der Waals surface area contributed by atoms with E-state index >= 15 is 0 Å². The van der Waals surface area contributed by atoms with Crippen LogP contribution in [0.25, 0.3) is 0 Å². The summed E-state index contributed by atoms with van der Waals surface area (Å²) in [5.74, 6) is -0.153. The molecule has 4 heteroatoms. The molecule has 0 aliphatic heterocycles. The molecule has 3 rings (SSSR count). The first-order valence-corrected chi connectivity index (χ1v) is 8.48. The Labute approximate surface area is 129 Å². The van der Waals surface area contributed by atoms with Gasteiger partial charge in [0.15, 0.2) is 0 Å². The van der Waals surface area contributed by atoms with Gasteiger partial charge < -0.3 is 5.32 Å². The fourth-order valence-corrected chi connectivity index (χ4v) is 4.16. The highest BCUT2D eigenvalue weighted by atomic mass is 32.1. The largest absolute Gasteiger partial charge is 0.304 e. The first kappa shape index (κ1) is 14.7. The maximum Gasteiger partial charge on any atom is 0.128 e. The van der Waals surface area contributed by atoms with Gasteiger partial charge in [0, 0.05) is 10.4 Å². The summed E-state index contributed by atoms with van der Waals surface area (Å²) in [6.45, 7) is 4.84. The minimum Gasteiger partial charge on any atom is -0.304 e. The molecule has 2 nitrogen and oxygen atoms in total. The van der Waals surface area contributed by atoms with Crippen LogP contribution in [0.15, 0.2) is 18.2 Å². The molecule has 0 saturated carbocycles. The van der Waals surface area contributed by atoms with Gasteiger partial charge in [-0.1, -0.05) is 24.6 Å². The van der Waals surface area contributed by atoms with Crippen molar-refractivity contribution in [1.82, 2.24) is 10.3 Å². The van der Waals surface area contributed by atoms with Crippen LogP contribution in [0.2, 0.25) is 0 Å². The summed E-state index contributed by atoms with van der Waals surface area (Å²) in [5, 5.41) is 4.41. The maximum absolute atomic E-state index is 14.2. The van der Waals surface area contributed by atoms with Gasteiger partial charge in [0.25, 0.3) is 0 Å². The van der Waals surface area contributed by atoms with Crippen LogP contribution in [-0.2, 0) is 12.8 Å². The van der Waals surface area contributed by atoms with E-state index in [0.29, 0.717) is 5.56 Å². The molecule has 1 heterocycles. The Bertz CT molecular complexity index is 612. The smallest absolute Gasteiger partial charge is 0.128 e. The Morgan fingerprint density at radius 1 is 1.33 bits per heavy atom. The van der Waals surface area contributed by atoms with E-state index in [1.165, 1.54) is 23.4 Å². The Balaban J connectivity index is 2.01. The van der Waals surface area contributed by atoms with Crippen molar-refractivity contribution in [2.24, 2.45) is 0 Å². The third kappa shape index (κ3) is 3.01. The van der Waals surface area contributed by atoms with Crippen LogP contribution >= 0.6 is 11.3 Å². The van der Waals surface area contributed by atoms with Crippen molar-refractivity contribution in [3.8, 4) is 0 Å². The molecule has 1 unspecified atom stereocenters. The number of benzene rings is 1. The second-order valence-electron chi connectivity index (χ2n) is 5.64. The molecule has 2 aromatic rings. The lowest BCUT2D eigenvalue weighted by Crippen LogP contribution is -2.23. The average Bonchev–Trinajstić information content (AvgIpc) is 2.91. The van der Waals surface area contributed by atoms with E-state index in [2.05, 4.69) is 5.32 Å². The van der Waals surface area contributed by atoms with Crippen molar-refractivity contribution in [3.63, 3.8) is 0 Å². The number of fused-ring (bicyclic) bond motifs is 1. The molecule has 0 fully saturated rings. The topological polar surface area (TPSA) is 24.9 Å². The molecule has 112 valence electrons. The van der Waals surface area contributed by atoms with Crippen LogP contribution < -0.4 is 5.32 Å². The summed E-state index contributed by atoms with van der Waals surface area (Å²) in [4.78, 5) is 6.20. The Morgan fingerprint density at radius 3 is 2.90 bits per heavy atom. The number of hydrogen-bond acceptors (Lipinski definition) is 3. The zero-order chi connectivity index (χ0) is 14.8. The zero-order valence-corrected chi connectivity index (χ0v) is 13.4. The van der Waals surface area contributed by atoms with Gasteiger partial charge in [0.1, 0.15) is 10.8 Å². The molecule has 0 spiro atoms. The van der Waals surface area contributed by atoms with Crippen molar-refractivity contribution in [3.05, 3.63) is 50.7 Å². The molecular formula is C17H21FN2S. The molecule has 1 atom stereocenters. The normalized spacial score (nSPS) is 15.8. The van der Waals surface area contributed by atoms with Gasteiger partial charge in [0.2, 0.25) is 0 Å². The lowest BCUT2D eigenvalue weighted by molar-refractivity contribution is 0.555. The van der Waals surface area contributed by atoms with E-state index in [1.807, 2.05) is 26.0 Å². The van der Waals surface area contributed by atoms with Crippen LogP contribution in [0, 0.1) is 12.7 Å². The summed E-state index contributed by atoms with van der Waals surface area (Å²) >= 11 is 1.75. The van der Waals surface area contributed by atoms with E-state index in [1.54, 1.807) is 17.4 Å². The Morgan fingerprint density at radius 2 is 2.14 bits per heavy atom. The fraction of sp³-hybridized carbons (Fsp3) is 0.471. The highest BCUT2D eigenvalue weighted by Crippen LogP contribution is 2.33. The molecule has 0 saturated heterocycles. The van der Waals surface area contributed by atoms with Gasteiger partial charge in [-0.15, -0.1) is 11.3 Å². The number of thiazole rings is 1. The van der Waals surface area contributed by atoms with Gasteiger partial charge >= 0.3 is 0 Å². The van der Waals surface area contributed by atoms with Crippen molar-refractivity contribution in [2.45, 2.75) is 45.6 Å². The number of hydrogen-bond donors (Lipinski definition) is 1. The quantitative estimate of drug-likeness (QED) is 0.917. The van der Waals surface area contributed by atoms with E-state index in [0.717, 1.165) is 30.0 Å². The van der Waals surface area contributed by atoms with E-state index in [-0.39, 0.29) is 11.9 Å². The number of halogens is 1. The standard InChI is InChI=1S/C17H21FN2S/c1-3-19-16(12-10-11(2)8-9-13(12)18)17-20-14-6-4-5-7-15(14)21-17/h8-10,16,19H,3-7H2,1-2H3. The molecule has 1 aliphatic carbocycles. The molecule has 1 aromatic carbocycles. The number of aryl methyl sites for hydroxylation is 3. The van der Waals surface area contributed by atoms with Gasteiger partial charge in [-0.3, -0.25) is 0 Å². The van der Waals surface area contributed by atoms with Crippen LogP contribution in [0.4, 0.5) is 4.39 Å². The minimum atomic E-state index is -0.153. The average molecular weight is 304 g/mol. The molecular weight excluding hydrogens is 283 g/mol. The number of aromatic nitrogens is 1. The summed E-state index contributed by atoms with van der Waals surface area (Å²) in [5.41, 5.74) is 3.02. The molecule has 0 amide bonds. The molecule has 21 heavy (non-hydrogen) atoms. The van der Waals surface area contributed by atoms with Crippen molar-refractivity contribution in [2.75, 3.05) is 6.54 Å². The monoisotopic (exact) mass is 304 g/mol. The van der Waals surface area contributed by atoms with Crippen molar-refractivity contribution >= 4 is 11.3 Å². The van der Waals surface area contributed by atoms with E-state index in [4.69, 9.17) is 4.98 Å². The first-order chi connectivity index (χ1) is 10.2. The lowest BCUT2D eigenvalue weighted by Gasteiger charge is -2.17. The Hall–Kier alpha value is -1.26. The van der Waals surface area contributed by atoms with Crippen molar-refractivity contribution in [1.29, 1.82) is 0 Å². The number of nitrogens with one attached hydrogen (secondary N) is 1. The third-order valence-electron chi connectivity index (χ3n) is 3.98. The summed E-state index contributed by atoms with van der Waals surface area (Å²) in [6.07, 6.45) is 4.67. The predicted molar refractivity (Wildman–Crippen MR) is 85.4 cm³/mol. The van der Waals surface area contributed by atoms with E-state index in [9.17, 15) is 4.39 Å². The number of rotatable bonds is 4. The van der Waals surface area contributed by atoms with Gasteiger partial charge in [-0.05, 0) is 45.2 Å². The molecule has 1 N–H and O–H groups in total. The van der Waals surface area contributed by atoms with Crippen molar-refractivity contribution < 1.29 is 4.39 Å². The number of nitrogens with zero attached hydrogens (tertiary/aromatic N) is 1. The molecule has 1 aromatic heterocycles. The van der Waals surface area contributed by atoms with Gasteiger partial charge in [0.05, 0.1) is 11.7 Å². The second-order valence-corrected chi connectivity index (χ2v) is 6.76. The van der Waals surface area contributed by atoms with E-state index < -0.39 is 0 Å². The molecule has 1 aliphatic rings. The van der Waals surface area contributed by atoms with Gasteiger partial charge in [-0.25, -0.2) is 9.37 Å². The second kappa shape index (κ2) is 6.24. The summed E-state index contributed by atoms with van der Waals surface area (Å²) < 4.78 is 14.2.